The molecule has 0 N–H and O–H groups in total. The summed E-state index contributed by atoms with van der Waals surface area (Å²) in [5.74, 6) is 5.59. The van der Waals surface area contributed by atoms with E-state index in [1.807, 2.05) is 24.3 Å². The van der Waals surface area contributed by atoms with E-state index in [4.69, 9.17) is 12.8 Å². The molecule has 7 aromatic rings. The molecule has 0 aliphatic rings. The van der Waals surface area contributed by atoms with E-state index in [2.05, 4.69) is 157 Å². The van der Waals surface area contributed by atoms with E-state index in [0.29, 0.717) is 0 Å². The molecule has 214 valence electrons. The van der Waals surface area contributed by atoms with Crippen molar-refractivity contribution in [1.82, 2.24) is 0 Å². The molecule has 0 heterocycles. The van der Waals surface area contributed by atoms with Crippen molar-refractivity contribution >= 4 is 0 Å². The van der Waals surface area contributed by atoms with Gasteiger partial charge in [0.05, 0.1) is 0 Å². The molecule has 0 bridgehead atoms. The van der Waals surface area contributed by atoms with Gasteiger partial charge in [0.25, 0.3) is 0 Å². The molecule has 0 unspecified atom stereocenters. The molecule has 7 rings (SSSR count). The first-order valence-corrected chi connectivity index (χ1v) is 15.4. The largest absolute Gasteiger partial charge is 0.115 e. The van der Waals surface area contributed by atoms with Crippen LogP contribution < -0.4 is 0 Å². The van der Waals surface area contributed by atoms with Gasteiger partial charge in [-0.15, -0.1) is 12.8 Å². The molecular weight excluding hydrogens is 553 g/mol. The third-order valence-electron chi connectivity index (χ3n) is 8.43. The molecule has 0 spiro atoms. The predicted molar refractivity (Wildman–Crippen MR) is 195 cm³/mol. The van der Waals surface area contributed by atoms with Gasteiger partial charge in [0.1, 0.15) is 0 Å². The first-order chi connectivity index (χ1) is 22.8. The highest BCUT2D eigenvalue weighted by Gasteiger charge is 2.28. The topological polar surface area (TPSA) is 0 Å². The lowest BCUT2D eigenvalue weighted by molar-refractivity contribution is 1.51. The van der Waals surface area contributed by atoms with Crippen molar-refractivity contribution in [1.29, 1.82) is 0 Å². The Kier molecular flexibility index (Phi) is 7.86. The molecule has 0 nitrogen and oxygen atoms in total. The lowest BCUT2D eigenvalue weighted by atomic mass is 9.74. The molecule has 0 aromatic heterocycles. The van der Waals surface area contributed by atoms with E-state index in [9.17, 15) is 0 Å². The van der Waals surface area contributed by atoms with Crippen LogP contribution in [0.1, 0.15) is 11.1 Å². The minimum Gasteiger partial charge on any atom is -0.115 e. The Bertz CT molecular complexity index is 2030. The Morgan fingerprint density at radius 1 is 0.239 bits per heavy atom. The lowest BCUT2D eigenvalue weighted by Crippen LogP contribution is -2.02. The van der Waals surface area contributed by atoms with Crippen LogP contribution in [0.5, 0.6) is 0 Å². The standard InChI is InChI=1S/C46H30/c1-3-33-25-29-39(30-26-33)45-43(37-21-13-7-14-22-37)41(35-17-9-5-10-18-35)42(36-19-11-6-12-20-36)44(38-23-15-8-16-24-38)46(45)40-31-27-34(4-2)28-32-40/h1-2,5-32H. The van der Waals surface area contributed by atoms with Gasteiger partial charge in [0.2, 0.25) is 0 Å². The number of terminal acetylenes is 2. The highest BCUT2D eigenvalue weighted by atomic mass is 14.3. The molecule has 0 atom stereocenters. The fourth-order valence-electron chi connectivity index (χ4n) is 6.37. The van der Waals surface area contributed by atoms with Crippen LogP contribution in [0.3, 0.4) is 0 Å². The van der Waals surface area contributed by atoms with Gasteiger partial charge >= 0.3 is 0 Å². The summed E-state index contributed by atoms with van der Waals surface area (Å²) in [5, 5.41) is 0. The van der Waals surface area contributed by atoms with Gasteiger partial charge in [-0.25, -0.2) is 0 Å². The van der Waals surface area contributed by atoms with Crippen LogP contribution in [0, 0.1) is 24.7 Å². The molecule has 0 fully saturated rings. The molecule has 0 saturated heterocycles. The number of benzene rings is 7. The van der Waals surface area contributed by atoms with Crippen LogP contribution in [-0.2, 0) is 0 Å². The second-order valence-corrected chi connectivity index (χ2v) is 11.2. The second kappa shape index (κ2) is 12.7. The van der Waals surface area contributed by atoms with Gasteiger partial charge in [-0.2, -0.15) is 0 Å². The molecule has 0 aliphatic carbocycles. The molecular formula is C46H30. The summed E-state index contributed by atoms with van der Waals surface area (Å²) < 4.78 is 0. The smallest absolute Gasteiger partial charge is 0.0243 e. The van der Waals surface area contributed by atoms with Gasteiger partial charge in [-0.3, -0.25) is 0 Å². The summed E-state index contributed by atoms with van der Waals surface area (Å²) in [6, 6.07) is 59.7. The number of hydrogen-bond acceptors (Lipinski definition) is 0. The molecule has 7 aromatic carbocycles. The van der Waals surface area contributed by atoms with Crippen molar-refractivity contribution < 1.29 is 0 Å². The zero-order valence-corrected chi connectivity index (χ0v) is 25.3. The van der Waals surface area contributed by atoms with E-state index in [1.54, 1.807) is 0 Å². The van der Waals surface area contributed by atoms with Crippen molar-refractivity contribution in [3.63, 3.8) is 0 Å². The van der Waals surface area contributed by atoms with Crippen molar-refractivity contribution in [2.75, 3.05) is 0 Å². The predicted octanol–water partition coefficient (Wildman–Crippen LogP) is 11.7. The Hall–Kier alpha value is -6.34. The minimum atomic E-state index is 0.845. The van der Waals surface area contributed by atoms with Crippen LogP contribution in [0.15, 0.2) is 170 Å². The van der Waals surface area contributed by atoms with Crippen LogP contribution >= 0.6 is 0 Å². The Labute approximate surface area is 271 Å². The van der Waals surface area contributed by atoms with E-state index in [1.165, 1.54) is 11.1 Å². The maximum Gasteiger partial charge on any atom is 0.0243 e. The van der Waals surface area contributed by atoms with Crippen molar-refractivity contribution in [2.45, 2.75) is 0 Å². The number of rotatable bonds is 6. The molecule has 0 radical (unpaired) electrons. The van der Waals surface area contributed by atoms with Crippen LogP contribution in [0.25, 0.3) is 66.8 Å². The summed E-state index contributed by atoms with van der Waals surface area (Å²) in [6.07, 6.45) is 11.7. The second-order valence-electron chi connectivity index (χ2n) is 11.2. The van der Waals surface area contributed by atoms with Gasteiger partial charge in [0.15, 0.2) is 0 Å². The van der Waals surface area contributed by atoms with Crippen LogP contribution in [0.2, 0.25) is 0 Å². The summed E-state index contributed by atoms with van der Waals surface area (Å²) in [6.45, 7) is 0. The van der Waals surface area contributed by atoms with E-state index >= 15 is 0 Å². The highest BCUT2D eigenvalue weighted by molar-refractivity contribution is 6.15. The SMILES string of the molecule is C#Cc1ccc(-c2c(-c3ccccc3)c(-c3ccccc3)c(-c3ccccc3)c(-c3ccccc3)c2-c2ccc(C#C)cc2)cc1. The van der Waals surface area contributed by atoms with E-state index in [-0.39, 0.29) is 0 Å². The highest BCUT2D eigenvalue weighted by Crippen LogP contribution is 2.55. The van der Waals surface area contributed by atoms with Crippen LogP contribution in [-0.4, -0.2) is 0 Å². The fourth-order valence-corrected chi connectivity index (χ4v) is 6.37. The normalized spacial score (nSPS) is 10.6. The van der Waals surface area contributed by atoms with Crippen LogP contribution in [0.4, 0.5) is 0 Å². The summed E-state index contributed by atoms with van der Waals surface area (Å²) in [4.78, 5) is 0. The summed E-state index contributed by atoms with van der Waals surface area (Å²) in [5.41, 5.74) is 15.4. The monoisotopic (exact) mass is 582 g/mol. The van der Waals surface area contributed by atoms with Crippen molar-refractivity contribution in [3.05, 3.63) is 181 Å². The molecule has 0 aliphatic heterocycles. The average molecular weight is 583 g/mol. The van der Waals surface area contributed by atoms with Crippen molar-refractivity contribution in [2.24, 2.45) is 0 Å². The quantitative estimate of drug-likeness (QED) is 0.171. The molecule has 0 heteroatoms. The zero-order valence-electron chi connectivity index (χ0n) is 25.3. The Morgan fingerprint density at radius 3 is 0.630 bits per heavy atom. The third-order valence-corrected chi connectivity index (χ3v) is 8.43. The minimum absolute atomic E-state index is 0.845. The Morgan fingerprint density at radius 2 is 0.435 bits per heavy atom. The van der Waals surface area contributed by atoms with Gasteiger partial charge in [-0.05, 0) is 91.0 Å². The van der Waals surface area contributed by atoms with Gasteiger partial charge in [-0.1, -0.05) is 157 Å². The number of hydrogen-bond donors (Lipinski definition) is 0. The van der Waals surface area contributed by atoms with Gasteiger partial charge in [0, 0.05) is 11.1 Å². The molecule has 0 amide bonds. The third kappa shape index (κ3) is 5.31. The zero-order chi connectivity index (χ0) is 31.3. The first kappa shape index (κ1) is 28.4. The lowest BCUT2D eigenvalue weighted by Gasteiger charge is -2.28. The molecule has 0 saturated carbocycles. The molecule has 46 heavy (non-hydrogen) atoms. The Balaban J connectivity index is 1.80. The fraction of sp³-hybridized carbons (Fsp3) is 0. The first-order valence-electron chi connectivity index (χ1n) is 15.4. The summed E-state index contributed by atoms with van der Waals surface area (Å²) in [7, 11) is 0. The maximum atomic E-state index is 5.83. The summed E-state index contributed by atoms with van der Waals surface area (Å²) >= 11 is 0. The average Bonchev–Trinajstić information content (AvgIpc) is 3.15. The van der Waals surface area contributed by atoms with E-state index in [0.717, 1.165) is 66.8 Å². The van der Waals surface area contributed by atoms with Gasteiger partial charge < -0.3 is 0 Å². The van der Waals surface area contributed by atoms with Crippen molar-refractivity contribution in [3.8, 4) is 91.4 Å². The maximum absolute atomic E-state index is 5.83. The van der Waals surface area contributed by atoms with E-state index < -0.39 is 0 Å².